The number of nitro groups is 1. The maximum absolute atomic E-state index is 13.6. The number of nitrogens with zero attached hydrogens (tertiary/aromatic N) is 2. The molecule has 1 heterocycles. The summed E-state index contributed by atoms with van der Waals surface area (Å²) in [5.74, 6) is -1.17. The first-order valence-electron chi connectivity index (χ1n) is 6.43. The smallest absolute Gasteiger partial charge is 0.324 e. The van der Waals surface area contributed by atoms with E-state index in [1.807, 2.05) is 0 Å². The van der Waals surface area contributed by atoms with Crippen LogP contribution in [0.1, 0.15) is 13.3 Å². The van der Waals surface area contributed by atoms with Crippen molar-refractivity contribution < 1.29 is 17.7 Å². The summed E-state index contributed by atoms with van der Waals surface area (Å²) in [6.45, 7) is 2.20. The number of halogens is 1. The predicted molar refractivity (Wildman–Crippen MR) is 73.6 cm³/mol. The van der Waals surface area contributed by atoms with E-state index < -0.39 is 31.3 Å². The van der Waals surface area contributed by atoms with E-state index >= 15 is 0 Å². The van der Waals surface area contributed by atoms with Crippen molar-refractivity contribution in [1.82, 2.24) is 4.31 Å². The van der Waals surface area contributed by atoms with Crippen LogP contribution < -0.4 is 5.73 Å². The van der Waals surface area contributed by atoms with Gasteiger partial charge in [-0.3, -0.25) is 10.1 Å². The van der Waals surface area contributed by atoms with Crippen molar-refractivity contribution in [3.05, 3.63) is 34.1 Å². The molecule has 0 saturated carbocycles. The topological polar surface area (TPSA) is 107 Å². The van der Waals surface area contributed by atoms with Gasteiger partial charge in [-0.05, 0) is 31.4 Å². The van der Waals surface area contributed by atoms with E-state index in [0.29, 0.717) is 6.42 Å². The summed E-state index contributed by atoms with van der Waals surface area (Å²) in [4.78, 5) is 9.31. The summed E-state index contributed by atoms with van der Waals surface area (Å²) in [5, 5.41) is 10.9. The van der Waals surface area contributed by atoms with E-state index in [1.54, 1.807) is 6.92 Å². The van der Waals surface area contributed by atoms with Crippen LogP contribution in [0.5, 0.6) is 0 Å². The standard InChI is InChI=1S/C12H16FN3O4S/c1-8(14)9-5-6-15(7-9)21(19,20)11-4-2-3-10(13)12(11)16(17)18/h2-4,8-9H,5-7,14H2,1H3. The van der Waals surface area contributed by atoms with Crippen molar-refractivity contribution >= 4 is 15.7 Å². The van der Waals surface area contributed by atoms with Crippen LogP contribution in [0.25, 0.3) is 0 Å². The summed E-state index contributed by atoms with van der Waals surface area (Å²) in [7, 11) is -4.11. The molecule has 9 heteroatoms. The second kappa shape index (κ2) is 5.66. The number of benzene rings is 1. The lowest BCUT2D eigenvalue weighted by molar-refractivity contribution is -0.390. The van der Waals surface area contributed by atoms with Crippen molar-refractivity contribution in [2.24, 2.45) is 11.7 Å². The third-order valence-electron chi connectivity index (χ3n) is 3.68. The quantitative estimate of drug-likeness (QED) is 0.661. The van der Waals surface area contributed by atoms with Crippen molar-refractivity contribution in [3.63, 3.8) is 0 Å². The first-order valence-corrected chi connectivity index (χ1v) is 7.87. The Hall–Kier alpha value is -1.58. The molecule has 7 nitrogen and oxygen atoms in total. The lowest BCUT2D eigenvalue weighted by atomic mass is 10.0. The molecule has 2 atom stereocenters. The number of rotatable bonds is 4. The minimum absolute atomic E-state index is 0.00705. The molecule has 1 saturated heterocycles. The van der Waals surface area contributed by atoms with Crippen LogP contribution in [-0.2, 0) is 10.0 Å². The normalized spacial score (nSPS) is 21.4. The van der Waals surface area contributed by atoms with Crippen LogP contribution in [0, 0.1) is 21.8 Å². The fraction of sp³-hybridized carbons (Fsp3) is 0.500. The Balaban J connectivity index is 2.42. The first-order chi connectivity index (χ1) is 9.75. The third kappa shape index (κ3) is 2.89. The molecule has 0 aliphatic carbocycles. The molecule has 2 rings (SSSR count). The second-order valence-corrected chi connectivity index (χ2v) is 7.02. The van der Waals surface area contributed by atoms with E-state index in [9.17, 15) is 22.9 Å². The molecule has 2 N–H and O–H groups in total. The van der Waals surface area contributed by atoms with Crippen LogP contribution in [0.15, 0.2) is 23.1 Å². The zero-order valence-electron chi connectivity index (χ0n) is 11.4. The highest BCUT2D eigenvalue weighted by Crippen LogP contribution is 2.32. The highest BCUT2D eigenvalue weighted by atomic mass is 32.2. The van der Waals surface area contributed by atoms with Crippen molar-refractivity contribution in [2.75, 3.05) is 13.1 Å². The third-order valence-corrected chi connectivity index (χ3v) is 5.58. The molecule has 116 valence electrons. The summed E-state index contributed by atoms with van der Waals surface area (Å²) < 4.78 is 39.7. The average Bonchev–Trinajstić information content (AvgIpc) is 2.88. The van der Waals surface area contributed by atoms with E-state index in [1.165, 1.54) is 0 Å². The van der Waals surface area contributed by atoms with Gasteiger partial charge in [-0.1, -0.05) is 6.07 Å². The molecule has 1 aliphatic rings. The minimum Gasteiger partial charge on any atom is -0.328 e. The fourth-order valence-electron chi connectivity index (χ4n) is 2.42. The maximum atomic E-state index is 13.6. The molecule has 21 heavy (non-hydrogen) atoms. The molecule has 0 radical (unpaired) electrons. The molecular formula is C12H16FN3O4S. The Morgan fingerprint density at radius 2 is 2.19 bits per heavy atom. The molecule has 0 aromatic heterocycles. The minimum atomic E-state index is -4.11. The fourth-order valence-corrected chi connectivity index (χ4v) is 4.10. The average molecular weight is 317 g/mol. The number of para-hydroxylation sites is 1. The Kier molecular flexibility index (Phi) is 4.26. The van der Waals surface area contributed by atoms with Gasteiger partial charge in [0.15, 0.2) is 4.90 Å². The molecule has 1 aromatic rings. The summed E-state index contributed by atoms with van der Waals surface area (Å²) >= 11 is 0. The Morgan fingerprint density at radius 1 is 1.52 bits per heavy atom. The molecule has 1 fully saturated rings. The van der Waals surface area contributed by atoms with Gasteiger partial charge in [-0.25, -0.2) is 8.42 Å². The monoisotopic (exact) mass is 317 g/mol. The molecular weight excluding hydrogens is 301 g/mol. The first kappa shape index (κ1) is 15.8. The number of sulfonamides is 1. The number of hydrogen-bond acceptors (Lipinski definition) is 5. The molecule has 0 spiro atoms. The second-order valence-electron chi connectivity index (χ2n) is 5.11. The van der Waals surface area contributed by atoms with Crippen LogP contribution in [0.2, 0.25) is 0 Å². The SMILES string of the molecule is CC(N)C1CCN(S(=O)(=O)c2cccc(F)c2[N+](=O)[O-])C1. The zero-order valence-corrected chi connectivity index (χ0v) is 12.2. The van der Waals surface area contributed by atoms with Crippen molar-refractivity contribution in [1.29, 1.82) is 0 Å². The number of nitro benzene ring substituents is 1. The van der Waals surface area contributed by atoms with E-state index in [0.717, 1.165) is 22.5 Å². The lowest BCUT2D eigenvalue weighted by Crippen LogP contribution is -2.33. The van der Waals surface area contributed by atoms with Crippen LogP contribution in [0.4, 0.5) is 10.1 Å². The highest BCUT2D eigenvalue weighted by Gasteiger charge is 2.38. The van der Waals surface area contributed by atoms with Crippen LogP contribution >= 0.6 is 0 Å². The zero-order chi connectivity index (χ0) is 15.8. The van der Waals surface area contributed by atoms with Gasteiger partial charge in [0.2, 0.25) is 15.8 Å². The van der Waals surface area contributed by atoms with E-state index in [4.69, 9.17) is 5.73 Å². The molecule has 2 unspecified atom stereocenters. The van der Waals surface area contributed by atoms with Crippen LogP contribution in [0.3, 0.4) is 0 Å². The Labute approximate surface area is 121 Å². The molecule has 1 aliphatic heterocycles. The van der Waals surface area contributed by atoms with Gasteiger partial charge in [0.1, 0.15) is 0 Å². The maximum Gasteiger partial charge on any atom is 0.324 e. The van der Waals surface area contributed by atoms with Gasteiger partial charge < -0.3 is 5.73 Å². The predicted octanol–water partition coefficient (Wildman–Crippen LogP) is 1.09. The van der Waals surface area contributed by atoms with Gasteiger partial charge in [0, 0.05) is 19.1 Å². The van der Waals surface area contributed by atoms with E-state index in [-0.39, 0.29) is 25.0 Å². The van der Waals surface area contributed by atoms with Gasteiger partial charge in [0.05, 0.1) is 4.92 Å². The Morgan fingerprint density at radius 3 is 2.71 bits per heavy atom. The van der Waals surface area contributed by atoms with Gasteiger partial charge >= 0.3 is 5.69 Å². The van der Waals surface area contributed by atoms with Crippen LogP contribution in [-0.4, -0.2) is 36.8 Å². The van der Waals surface area contributed by atoms with E-state index in [2.05, 4.69) is 0 Å². The van der Waals surface area contributed by atoms with Gasteiger partial charge in [-0.2, -0.15) is 8.70 Å². The largest absolute Gasteiger partial charge is 0.328 e. The summed E-state index contributed by atoms with van der Waals surface area (Å²) in [6, 6.07) is 2.89. The van der Waals surface area contributed by atoms with Gasteiger partial charge in [0.25, 0.3) is 0 Å². The number of hydrogen-bond donors (Lipinski definition) is 1. The highest BCUT2D eigenvalue weighted by molar-refractivity contribution is 7.89. The lowest BCUT2D eigenvalue weighted by Gasteiger charge is -2.18. The van der Waals surface area contributed by atoms with Crippen molar-refractivity contribution in [2.45, 2.75) is 24.3 Å². The molecule has 0 amide bonds. The summed E-state index contributed by atoms with van der Waals surface area (Å²) in [6.07, 6.45) is 0.583. The number of nitrogens with two attached hydrogens (primary N) is 1. The Bertz CT molecular complexity index is 662. The van der Waals surface area contributed by atoms with Crippen molar-refractivity contribution in [3.8, 4) is 0 Å². The molecule has 1 aromatic carbocycles. The van der Waals surface area contributed by atoms with Gasteiger partial charge in [-0.15, -0.1) is 0 Å². The summed E-state index contributed by atoms with van der Waals surface area (Å²) in [5.41, 5.74) is 4.74. The molecule has 0 bridgehead atoms.